The molecule has 0 amide bonds. The molecule has 2 heteroatoms. The van der Waals surface area contributed by atoms with Crippen molar-refractivity contribution < 1.29 is 4.74 Å². The lowest BCUT2D eigenvalue weighted by molar-refractivity contribution is 0.302. The first-order valence-corrected chi connectivity index (χ1v) is 8.60. The van der Waals surface area contributed by atoms with Crippen LogP contribution in [0.2, 0.25) is 0 Å². The van der Waals surface area contributed by atoms with Gasteiger partial charge >= 0.3 is 0 Å². The van der Waals surface area contributed by atoms with Gasteiger partial charge in [0.1, 0.15) is 5.75 Å². The maximum Gasteiger partial charge on any atom is 0.122 e. The van der Waals surface area contributed by atoms with Gasteiger partial charge in [0.2, 0.25) is 0 Å². The Morgan fingerprint density at radius 3 is 2.10 bits per heavy atom. The predicted molar refractivity (Wildman–Crippen MR) is 92.3 cm³/mol. The van der Waals surface area contributed by atoms with Crippen molar-refractivity contribution in [3.8, 4) is 5.75 Å². The van der Waals surface area contributed by atoms with Crippen LogP contribution >= 0.6 is 12.6 Å². The number of hydrogen-bond donors (Lipinski definition) is 1. The number of unbranched alkanes of at least 4 members (excludes halogenated alkanes) is 6. The number of thiol groups is 1. The van der Waals surface area contributed by atoms with E-state index in [-0.39, 0.29) is 0 Å². The number of benzene rings is 1. The van der Waals surface area contributed by atoms with E-state index in [4.69, 9.17) is 4.74 Å². The lowest BCUT2D eigenvalue weighted by atomic mass is 10.1. The minimum Gasteiger partial charge on any atom is -0.493 e. The summed E-state index contributed by atoms with van der Waals surface area (Å²) in [6.07, 6.45) is 9.10. The number of rotatable bonds is 10. The topological polar surface area (TPSA) is 9.23 Å². The SMILES string of the molecule is Cc1cc(C)c(C)c(OCCCCCCCCCS)c1. The Morgan fingerprint density at radius 1 is 0.850 bits per heavy atom. The fraction of sp³-hybridized carbons (Fsp3) is 0.667. The van der Waals surface area contributed by atoms with E-state index in [9.17, 15) is 0 Å². The van der Waals surface area contributed by atoms with Gasteiger partial charge in [-0.05, 0) is 62.1 Å². The monoisotopic (exact) mass is 294 g/mol. The quantitative estimate of drug-likeness (QED) is 0.433. The highest BCUT2D eigenvalue weighted by Crippen LogP contribution is 2.23. The zero-order chi connectivity index (χ0) is 14.8. The summed E-state index contributed by atoms with van der Waals surface area (Å²) in [5, 5.41) is 0. The average molecular weight is 295 g/mol. The summed E-state index contributed by atoms with van der Waals surface area (Å²) < 4.78 is 5.93. The number of hydrogen-bond acceptors (Lipinski definition) is 2. The van der Waals surface area contributed by atoms with Crippen molar-refractivity contribution in [1.82, 2.24) is 0 Å². The summed E-state index contributed by atoms with van der Waals surface area (Å²) in [6, 6.07) is 4.37. The van der Waals surface area contributed by atoms with Gasteiger partial charge in [-0.2, -0.15) is 12.6 Å². The van der Waals surface area contributed by atoms with E-state index in [1.54, 1.807) is 0 Å². The van der Waals surface area contributed by atoms with E-state index in [2.05, 4.69) is 45.5 Å². The molecule has 0 atom stereocenters. The Hall–Kier alpha value is -0.630. The van der Waals surface area contributed by atoms with Gasteiger partial charge in [-0.3, -0.25) is 0 Å². The van der Waals surface area contributed by atoms with Crippen LogP contribution in [0.15, 0.2) is 12.1 Å². The molecule has 0 aliphatic carbocycles. The number of ether oxygens (including phenoxy) is 1. The highest BCUT2D eigenvalue weighted by molar-refractivity contribution is 7.80. The molecular weight excluding hydrogens is 264 g/mol. The largest absolute Gasteiger partial charge is 0.493 e. The molecule has 0 bridgehead atoms. The van der Waals surface area contributed by atoms with Gasteiger partial charge in [0.05, 0.1) is 6.61 Å². The maximum atomic E-state index is 5.93. The third-order valence-electron chi connectivity index (χ3n) is 3.82. The first kappa shape index (κ1) is 17.4. The Labute approximate surface area is 130 Å². The van der Waals surface area contributed by atoms with Crippen molar-refractivity contribution in [2.45, 2.75) is 65.7 Å². The van der Waals surface area contributed by atoms with E-state index >= 15 is 0 Å². The molecule has 20 heavy (non-hydrogen) atoms. The molecule has 0 spiro atoms. The van der Waals surface area contributed by atoms with Crippen molar-refractivity contribution in [2.24, 2.45) is 0 Å². The Morgan fingerprint density at radius 2 is 1.45 bits per heavy atom. The van der Waals surface area contributed by atoms with Gasteiger partial charge in [0.25, 0.3) is 0 Å². The molecule has 0 saturated carbocycles. The van der Waals surface area contributed by atoms with Crippen LogP contribution in [0.5, 0.6) is 5.75 Å². The highest BCUT2D eigenvalue weighted by atomic mass is 32.1. The van der Waals surface area contributed by atoms with Gasteiger partial charge in [0.15, 0.2) is 0 Å². The Balaban J connectivity index is 2.13. The van der Waals surface area contributed by atoms with Crippen LogP contribution in [0, 0.1) is 20.8 Å². The van der Waals surface area contributed by atoms with Crippen LogP contribution < -0.4 is 4.74 Å². The zero-order valence-corrected chi connectivity index (χ0v) is 14.3. The molecule has 0 radical (unpaired) electrons. The summed E-state index contributed by atoms with van der Waals surface area (Å²) in [5.41, 5.74) is 3.89. The van der Waals surface area contributed by atoms with Crippen molar-refractivity contribution in [2.75, 3.05) is 12.4 Å². The number of aryl methyl sites for hydroxylation is 2. The van der Waals surface area contributed by atoms with E-state index in [0.29, 0.717) is 0 Å². The van der Waals surface area contributed by atoms with Crippen molar-refractivity contribution >= 4 is 12.6 Å². The molecule has 0 heterocycles. The lowest BCUT2D eigenvalue weighted by Gasteiger charge is -2.12. The molecule has 0 aromatic heterocycles. The summed E-state index contributed by atoms with van der Waals surface area (Å²) in [5.74, 6) is 2.10. The molecule has 0 fully saturated rings. The normalized spacial score (nSPS) is 10.8. The van der Waals surface area contributed by atoms with Crippen molar-refractivity contribution in [3.63, 3.8) is 0 Å². The molecule has 114 valence electrons. The molecule has 0 saturated heterocycles. The molecule has 1 rings (SSSR count). The predicted octanol–water partition coefficient (Wildman–Crippen LogP) is 5.65. The van der Waals surface area contributed by atoms with E-state index in [0.717, 1.165) is 18.1 Å². The molecule has 0 aliphatic heterocycles. The molecule has 1 aromatic carbocycles. The van der Waals surface area contributed by atoms with Gasteiger partial charge in [-0.15, -0.1) is 0 Å². The standard InChI is InChI=1S/C18H30OS/c1-15-13-16(2)17(3)18(14-15)19-11-9-7-5-4-6-8-10-12-20/h13-14,20H,4-12H2,1-3H3. The van der Waals surface area contributed by atoms with Crippen LogP contribution in [0.25, 0.3) is 0 Å². The summed E-state index contributed by atoms with van der Waals surface area (Å²) in [6.45, 7) is 7.27. The molecule has 0 N–H and O–H groups in total. The van der Waals surface area contributed by atoms with Crippen LogP contribution in [0.1, 0.15) is 61.6 Å². The second-order valence-electron chi connectivity index (χ2n) is 5.75. The average Bonchev–Trinajstić information content (AvgIpc) is 2.42. The third kappa shape index (κ3) is 6.69. The van der Waals surface area contributed by atoms with Gasteiger partial charge in [-0.25, -0.2) is 0 Å². The molecule has 0 unspecified atom stereocenters. The van der Waals surface area contributed by atoms with E-state index in [1.807, 2.05) is 0 Å². The lowest BCUT2D eigenvalue weighted by Crippen LogP contribution is -2.00. The minimum absolute atomic E-state index is 0.848. The van der Waals surface area contributed by atoms with Crippen LogP contribution in [-0.4, -0.2) is 12.4 Å². The zero-order valence-electron chi connectivity index (χ0n) is 13.4. The molecule has 1 aromatic rings. The Kier molecular flexibility index (Phi) is 8.84. The van der Waals surface area contributed by atoms with E-state index < -0.39 is 0 Å². The molecular formula is C18H30OS. The molecule has 0 aliphatic rings. The van der Waals surface area contributed by atoms with Gasteiger partial charge in [-0.1, -0.05) is 38.2 Å². The first-order chi connectivity index (χ1) is 9.65. The van der Waals surface area contributed by atoms with Crippen LogP contribution in [0.3, 0.4) is 0 Å². The van der Waals surface area contributed by atoms with Crippen LogP contribution in [-0.2, 0) is 0 Å². The minimum atomic E-state index is 0.848. The summed E-state index contributed by atoms with van der Waals surface area (Å²) in [7, 11) is 0. The second-order valence-corrected chi connectivity index (χ2v) is 6.20. The van der Waals surface area contributed by atoms with Crippen molar-refractivity contribution in [1.29, 1.82) is 0 Å². The van der Waals surface area contributed by atoms with Gasteiger partial charge in [0, 0.05) is 0 Å². The first-order valence-electron chi connectivity index (χ1n) is 7.96. The maximum absolute atomic E-state index is 5.93. The second kappa shape index (κ2) is 10.1. The van der Waals surface area contributed by atoms with Gasteiger partial charge < -0.3 is 4.74 Å². The molecule has 1 nitrogen and oxygen atoms in total. The van der Waals surface area contributed by atoms with Crippen molar-refractivity contribution in [3.05, 3.63) is 28.8 Å². The van der Waals surface area contributed by atoms with E-state index in [1.165, 1.54) is 61.6 Å². The fourth-order valence-corrected chi connectivity index (χ4v) is 2.65. The fourth-order valence-electron chi connectivity index (χ4n) is 2.43. The van der Waals surface area contributed by atoms with Crippen LogP contribution in [0.4, 0.5) is 0 Å². The third-order valence-corrected chi connectivity index (χ3v) is 4.14. The Bertz CT molecular complexity index is 387. The smallest absolute Gasteiger partial charge is 0.122 e. The summed E-state index contributed by atoms with van der Waals surface area (Å²) >= 11 is 4.23. The summed E-state index contributed by atoms with van der Waals surface area (Å²) in [4.78, 5) is 0. The highest BCUT2D eigenvalue weighted by Gasteiger charge is 2.03.